The highest BCUT2D eigenvalue weighted by Gasteiger charge is 2.11. The number of para-hydroxylation sites is 4. The third-order valence-electron chi connectivity index (χ3n) is 5.05. The van der Waals surface area contributed by atoms with Crippen molar-refractivity contribution in [2.45, 2.75) is 52.0 Å². The van der Waals surface area contributed by atoms with Crippen molar-refractivity contribution < 1.29 is 33.9 Å². The molecule has 9 nitrogen and oxygen atoms in total. The molecule has 0 bridgehead atoms. The molecule has 37 heavy (non-hydrogen) atoms. The van der Waals surface area contributed by atoms with Crippen molar-refractivity contribution in [2.24, 2.45) is 0 Å². The van der Waals surface area contributed by atoms with E-state index >= 15 is 0 Å². The van der Waals surface area contributed by atoms with Crippen molar-refractivity contribution in [1.82, 2.24) is 10.6 Å². The lowest BCUT2D eigenvalue weighted by molar-refractivity contribution is 0.0712. The van der Waals surface area contributed by atoms with Crippen molar-refractivity contribution >= 4 is 0 Å². The Kier molecular flexibility index (Phi) is 14.8. The summed E-state index contributed by atoms with van der Waals surface area (Å²) in [6.45, 7) is 10.8. The molecule has 2 atom stereocenters. The fourth-order valence-corrected chi connectivity index (χ4v) is 3.13. The molecule has 2 aromatic rings. The van der Waals surface area contributed by atoms with Crippen molar-refractivity contribution in [3.05, 3.63) is 48.5 Å². The summed E-state index contributed by atoms with van der Waals surface area (Å²) >= 11 is 0. The van der Waals surface area contributed by atoms with Crippen LogP contribution in [-0.4, -0.2) is 87.2 Å². The molecular formula is C28H44N2O7. The van der Waals surface area contributed by atoms with Crippen LogP contribution in [0.5, 0.6) is 23.0 Å². The molecule has 0 saturated heterocycles. The first-order valence-electron chi connectivity index (χ1n) is 12.9. The van der Waals surface area contributed by atoms with Gasteiger partial charge in [0.15, 0.2) is 23.0 Å². The molecule has 0 heterocycles. The van der Waals surface area contributed by atoms with Crippen LogP contribution in [0.25, 0.3) is 0 Å². The van der Waals surface area contributed by atoms with Crippen molar-refractivity contribution in [3.63, 3.8) is 0 Å². The maximum Gasteiger partial charge on any atom is 0.161 e. The van der Waals surface area contributed by atoms with E-state index in [9.17, 15) is 10.2 Å². The van der Waals surface area contributed by atoms with Crippen LogP contribution in [0.1, 0.15) is 27.7 Å². The standard InChI is InChI=1S/C28H44N2O7/c1-21(2)29-17-23(31)19-36-27-11-7-5-9-25(27)34-15-13-33-14-16-35-26-10-6-8-12-28(26)37-20-24(32)18-30-22(3)4/h5-12,21-24,29-32H,13-20H2,1-4H3/t23-,24-/m0/s1. The molecule has 4 N–H and O–H groups in total. The SMILES string of the molecule is CC(C)NC[C@H](O)COc1ccccc1OCCOCCOc1ccccc1OC[C@@H](O)CNC(C)C. The van der Waals surface area contributed by atoms with Gasteiger partial charge in [-0.25, -0.2) is 0 Å². The molecular weight excluding hydrogens is 476 g/mol. The Morgan fingerprint density at radius 3 is 1.27 bits per heavy atom. The quantitative estimate of drug-likeness (QED) is 0.196. The first-order valence-corrected chi connectivity index (χ1v) is 12.9. The number of aliphatic hydroxyl groups is 2. The van der Waals surface area contributed by atoms with E-state index in [-0.39, 0.29) is 13.2 Å². The summed E-state index contributed by atoms with van der Waals surface area (Å²) in [6, 6.07) is 15.3. The molecule has 0 amide bonds. The predicted molar refractivity (Wildman–Crippen MR) is 144 cm³/mol. The average Bonchev–Trinajstić information content (AvgIpc) is 2.88. The molecule has 0 spiro atoms. The van der Waals surface area contributed by atoms with Crippen LogP contribution in [0.3, 0.4) is 0 Å². The van der Waals surface area contributed by atoms with Gasteiger partial charge >= 0.3 is 0 Å². The summed E-state index contributed by atoms with van der Waals surface area (Å²) in [5, 5.41) is 26.5. The van der Waals surface area contributed by atoms with Gasteiger partial charge in [0.2, 0.25) is 0 Å². The first-order chi connectivity index (χ1) is 17.8. The number of benzene rings is 2. The smallest absolute Gasteiger partial charge is 0.161 e. The van der Waals surface area contributed by atoms with Crippen LogP contribution in [0.15, 0.2) is 48.5 Å². The van der Waals surface area contributed by atoms with Gasteiger partial charge in [0.1, 0.15) is 38.6 Å². The van der Waals surface area contributed by atoms with Gasteiger partial charge in [0, 0.05) is 25.2 Å². The van der Waals surface area contributed by atoms with E-state index in [1.54, 1.807) is 0 Å². The average molecular weight is 521 g/mol. The van der Waals surface area contributed by atoms with Crippen molar-refractivity contribution in [3.8, 4) is 23.0 Å². The van der Waals surface area contributed by atoms with Gasteiger partial charge in [-0.2, -0.15) is 0 Å². The fourth-order valence-electron chi connectivity index (χ4n) is 3.13. The third-order valence-corrected chi connectivity index (χ3v) is 5.05. The molecule has 208 valence electrons. The second kappa shape index (κ2) is 17.8. The van der Waals surface area contributed by atoms with Gasteiger partial charge in [0.05, 0.1) is 13.2 Å². The topological polar surface area (TPSA) is 111 Å². The van der Waals surface area contributed by atoms with Crippen molar-refractivity contribution in [1.29, 1.82) is 0 Å². The van der Waals surface area contributed by atoms with E-state index in [1.165, 1.54) is 0 Å². The molecule has 0 aromatic heterocycles. The largest absolute Gasteiger partial charge is 0.487 e. The highest BCUT2D eigenvalue weighted by molar-refractivity contribution is 5.40. The molecule has 0 unspecified atom stereocenters. The Morgan fingerprint density at radius 2 is 0.919 bits per heavy atom. The van der Waals surface area contributed by atoms with E-state index in [1.807, 2.05) is 76.2 Å². The van der Waals surface area contributed by atoms with Gasteiger partial charge in [0.25, 0.3) is 0 Å². The number of hydrogen-bond donors (Lipinski definition) is 4. The number of hydrogen-bond acceptors (Lipinski definition) is 9. The minimum absolute atomic E-state index is 0.174. The van der Waals surface area contributed by atoms with Crippen LogP contribution >= 0.6 is 0 Å². The lowest BCUT2D eigenvalue weighted by Gasteiger charge is -2.17. The summed E-state index contributed by atoms with van der Waals surface area (Å²) in [6.07, 6.45) is -1.22. The van der Waals surface area contributed by atoms with Crippen LogP contribution < -0.4 is 29.6 Å². The van der Waals surface area contributed by atoms with E-state index < -0.39 is 12.2 Å². The maximum atomic E-state index is 10.1. The normalized spacial score (nSPS) is 13.0. The zero-order chi connectivity index (χ0) is 26.9. The molecule has 0 radical (unpaired) electrons. The number of aliphatic hydroxyl groups excluding tert-OH is 2. The molecule has 2 aromatic carbocycles. The Bertz CT molecular complexity index is 796. The molecule has 0 aliphatic heterocycles. The molecule has 0 saturated carbocycles. The van der Waals surface area contributed by atoms with Gasteiger partial charge < -0.3 is 44.5 Å². The second-order valence-electron chi connectivity index (χ2n) is 9.26. The van der Waals surface area contributed by atoms with E-state index in [0.717, 1.165) is 0 Å². The van der Waals surface area contributed by atoms with Gasteiger partial charge in [-0.1, -0.05) is 52.0 Å². The zero-order valence-electron chi connectivity index (χ0n) is 22.5. The Morgan fingerprint density at radius 1 is 0.568 bits per heavy atom. The predicted octanol–water partition coefficient (Wildman–Crippen LogP) is 2.64. The maximum absolute atomic E-state index is 10.1. The molecule has 0 fully saturated rings. The highest BCUT2D eigenvalue weighted by atomic mass is 16.6. The lowest BCUT2D eigenvalue weighted by atomic mass is 10.3. The Balaban J connectivity index is 1.65. The summed E-state index contributed by atoms with van der Waals surface area (Å²) in [4.78, 5) is 0. The van der Waals surface area contributed by atoms with E-state index in [4.69, 9.17) is 23.7 Å². The van der Waals surface area contributed by atoms with Crippen molar-refractivity contribution in [2.75, 3.05) is 52.7 Å². The lowest BCUT2D eigenvalue weighted by Crippen LogP contribution is -2.35. The second-order valence-corrected chi connectivity index (χ2v) is 9.26. The van der Waals surface area contributed by atoms with Crippen LogP contribution in [0.2, 0.25) is 0 Å². The highest BCUT2D eigenvalue weighted by Crippen LogP contribution is 2.27. The number of ether oxygens (including phenoxy) is 5. The monoisotopic (exact) mass is 520 g/mol. The van der Waals surface area contributed by atoms with Gasteiger partial charge in [-0.15, -0.1) is 0 Å². The minimum atomic E-state index is -0.610. The van der Waals surface area contributed by atoms with E-state index in [2.05, 4.69) is 10.6 Å². The number of rotatable bonds is 20. The molecule has 2 rings (SSSR count). The summed E-state index contributed by atoms with van der Waals surface area (Å²) in [5.41, 5.74) is 0. The van der Waals surface area contributed by atoms with E-state index in [0.29, 0.717) is 74.6 Å². The van der Waals surface area contributed by atoms with Gasteiger partial charge in [-0.3, -0.25) is 0 Å². The summed E-state index contributed by atoms with van der Waals surface area (Å²) in [5.74, 6) is 2.36. The van der Waals surface area contributed by atoms with Crippen LogP contribution in [0.4, 0.5) is 0 Å². The summed E-state index contributed by atoms with van der Waals surface area (Å²) in [7, 11) is 0. The zero-order valence-corrected chi connectivity index (χ0v) is 22.5. The minimum Gasteiger partial charge on any atom is -0.487 e. The summed E-state index contributed by atoms with van der Waals surface area (Å²) < 4.78 is 28.7. The van der Waals surface area contributed by atoms with Crippen LogP contribution in [0, 0.1) is 0 Å². The Hall–Kier alpha value is -2.56. The number of nitrogens with one attached hydrogen (secondary N) is 2. The van der Waals surface area contributed by atoms with Crippen LogP contribution in [-0.2, 0) is 4.74 Å². The first kappa shape index (κ1) is 30.7. The molecule has 0 aliphatic carbocycles. The Labute approximate surface area is 221 Å². The molecule has 0 aliphatic rings. The fraction of sp³-hybridized carbons (Fsp3) is 0.571. The third kappa shape index (κ3) is 13.5. The van der Waals surface area contributed by atoms with Gasteiger partial charge in [-0.05, 0) is 24.3 Å². The molecule has 9 heteroatoms.